The van der Waals surface area contributed by atoms with E-state index < -0.39 is 6.29 Å². The van der Waals surface area contributed by atoms with Crippen molar-refractivity contribution in [1.82, 2.24) is 14.9 Å². The van der Waals surface area contributed by atoms with Crippen molar-refractivity contribution in [3.05, 3.63) is 162 Å². The summed E-state index contributed by atoms with van der Waals surface area (Å²) in [5.41, 5.74) is 9.04. The highest BCUT2D eigenvalue weighted by molar-refractivity contribution is 6.16. The lowest BCUT2D eigenvalue weighted by atomic mass is 10.0. The van der Waals surface area contributed by atoms with Crippen LogP contribution in [0, 0.1) is 0 Å². The fourth-order valence-electron chi connectivity index (χ4n) is 6.42. The van der Waals surface area contributed by atoms with Crippen molar-refractivity contribution in [3.63, 3.8) is 0 Å². The maximum absolute atomic E-state index is 6.62. The molecule has 1 N–H and O–H groups in total. The summed E-state index contributed by atoms with van der Waals surface area (Å²) < 4.78 is 8.89. The standard InChI is InChI=1S/C39H26N4O/c1-4-12-25(13-5-1)28-20-23-34-31(24-28)29-21-22-33-37(44-38(40-33)27-16-8-3-9-17-27)36(29)43(34)39-41-32-19-11-10-18-30(32)35(42-39)26-14-6-2-7-15-26/h1-24,39,42H. The van der Waals surface area contributed by atoms with Gasteiger partial charge in [0, 0.05) is 21.6 Å². The largest absolute Gasteiger partial charge is 0.434 e. The summed E-state index contributed by atoms with van der Waals surface area (Å²) in [5.74, 6) is 0.602. The molecule has 5 heteroatoms. The average Bonchev–Trinajstić information content (AvgIpc) is 3.68. The maximum atomic E-state index is 6.62. The van der Waals surface area contributed by atoms with Crippen LogP contribution in [0.15, 0.2) is 155 Å². The van der Waals surface area contributed by atoms with Gasteiger partial charge in [-0.15, -0.1) is 0 Å². The lowest BCUT2D eigenvalue weighted by Crippen LogP contribution is -2.41. The topological polar surface area (TPSA) is 55.4 Å². The third kappa shape index (κ3) is 3.87. The Bertz CT molecular complexity index is 2420. The van der Waals surface area contributed by atoms with Crippen molar-refractivity contribution in [2.24, 2.45) is 4.99 Å². The summed E-state index contributed by atoms with van der Waals surface area (Å²) in [7, 11) is 0. The summed E-state index contributed by atoms with van der Waals surface area (Å²) >= 11 is 0. The van der Waals surface area contributed by atoms with Crippen LogP contribution in [0.4, 0.5) is 0 Å². The summed E-state index contributed by atoms with van der Waals surface area (Å²) in [6.45, 7) is 0. The van der Waals surface area contributed by atoms with Crippen LogP contribution < -0.4 is 15.9 Å². The molecule has 8 aromatic rings. The molecule has 0 fully saturated rings. The van der Waals surface area contributed by atoms with E-state index in [0.29, 0.717) is 5.89 Å². The summed E-state index contributed by atoms with van der Waals surface area (Å²) in [6, 6.07) is 50.3. The monoisotopic (exact) mass is 566 g/mol. The van der Waals surface area contributed by atoms with Crippen LogP contribution in [-0.4, -0.2) is 9.55 Å². The Hall–Kier alpha value is -5.94. The molecule has 0 saturated heterocycles. The van der Waals surface area contributed by atoms with Crippen LogP contribution in [0.1, 0.15) is 11.9 Å². The molecule has 1 atom stereocenters. The van der Waals surface area contributed by atoms with Crippen molar-refractivity contribution in [2.45, 2.75) is 6.29 Å². The molecule has 208 valence electrons. The van der Waals surface area contributed by atoms with Gasteiger partial charge in [0.25, 0.3) is 0 Å². The number of nitrogens with zero attached hydrogens (tertiary/aromatic N) is 3. The summed E-state index contributed by atoms with van der Waals surface area (Å²) in [6.07, 6.45) is -0.418. The highest BCUT2D eigenvalue weighted by Crippen LogP contribution is 2.40. The van der Waals surface area contributed by atoms with Crippen molar-refractivity contribution in [3.8, 4) is 22.6 Å². The van der Waals surface area contributed by atoms with Gasteiger partial charge in [-0.05, 0) is 59.2 Å². The third-order valence-corrected chi connectivity index (χ3v) is 8.46. The first-order valence-corrected chi connectivity index (χ1v) is 14.8. The van der Waals surface area contributed by atoms with E-state index in [1.54, 1.807) is 0 Å². The number of benzene rings is 6. The average molecular weight is 567 g/mol. The number of rotatable bonds is 4. The number of aromatic nitrogens is 2. The first-order chi connectivity index (χ1) is 21.8. The van der Waals surface area contributed by atoms with Gasteiger partial charge in [-0.25, -0.2) is 9.98 Å². The van der Waals surface area contributed by atoms with Crippen molar-refractivity contribution < 1.29 is 4.42 Å². The van der Waals surface area contributed by atoms with Gasteiger partial charge in [0.1, 0.15) is 5.52 Å². The minimum absolute atomic E-state index is 0.418. The second-order valence-electron chi connectivity index (χ2n) is 11.1. The van der Waals surface area contributed by atoms with Crippen LogP contribution in [0.25, 0.3) is 61.2 Å². The van der Waals surface area contributed by atoms with E-state index in [1.807, 2.05) is 48.5 Å². The van der Waals surface area contributed by atoms with E-state index in [-0.39, 0.29) is 0 Å². The molecule has 0 aliphatic carbocycles. The minimum atomic E-state index is -0.418. The Labute approximate surface area is 253 Å². The molecule has 1 aliphatic rings. The molecule has 9 rings (SSSR count). The SMILES string of the molecule is c1ccc(C2=c3ccccc3=NC(n3c4ccc(-c5ccccc5)cc4c4ccc5nc(-c6ccccc6)oc5c43)N2)cc1. The second kappa shape index (κ2) is 9.82. The summed E-state index contributed by atoms with van der Waals surface area (Å²) in [5, 5.41) is 8.07. The molecule has 2 aromatic heterocycles. The molecular weight excluding hydrogens is 540 g/mol. The fraction of sp³-hybridized carbons (Fsp3) is 0.0256. The van der Waals surface area contributed by atoms with Gasteiger partial charge in [-0.3, -0.25) is 4.57 Å². The molecule has 0 bridgehead atoms. The molecule has 3 heterocycles. The molecule has 1 aliphatic heterocycles. The number of nitrogens with one attached hydrogen (secondary N) is 1. The first kappa shape index (κ1) is 24.6. The molecular formula is C39H26N4O. The molecule has 1 unspecified atom stereocenters. The zero-order chi connectivity index (χ0) is 29.0. The normalized spacial score (nSPS) is 14.5. The van der Waals surface area contributed by atoms with E-state index in [0.717, 1.165) is 65.9 Å². The van der Waals surface area contributed by atoms with E-state index in [1.165, 1.54) is 5.56 Å². The van der Waals surface area contributed by atoms with Crippen molar-refractivity contribution in [2.75, 3.05) is 0 Å². The van der Waals surface area contributed by atoms with E-state index >= 15 is 0 Å². The smallest absolute Gasteiger partial charge is 0.227 e. The van der Waals surface area contributed by atoms with Crippen molar-refractivity contribution in [1.29, 1.82) is 0 Å². The second-order valence-corrected chi connectivity index (χ2v) is 11.1. The molecule has 0 radical (unpaired) electrons. The quantitative estimate of drug-likeness (QED) is 0.236. The number of oxazole rings is 1. The van der Waals surface area contributed by atoms with Gasteiger partial charge in [-0.2, -0.15) is 0 Å². The lowest BCUT2D eigenvalue weighted by molar-refractivity contribution is 0.488. The molecule has 0 spiro atoms. The van der Waals surface area contributed by atoms with Gasteiger partial charge < -0.3 is 9.73 Å². The molecule has 0 saturated carbocycles. The lowest BCUT2D eigenvalue weighted by Gasteiger charge is -2.25. The number of fused-ring (bicyclic) bond motifs is 6. The van der Waals surface area contributed by atoms with Crippen LogP contribution in [0.3, 0.4) is 0 Å². The Morgan fingerprint density at radius 1 is 0.591 bits per heavy atom. The Morgan fingerprint density at radius 2 is 1.27 bits per heavy atom. The molecule has 0 amide bonds. The van der Waals surface area contributed by atoms with Gasteiger partial charge in [0.05, 0.1) is 22.1 Å². The van der Waals surface area contributed by atoms with E-state index in [2.05, 4.69) is 107 Å². The number of hydrogen-bond acceptors (Lipinski definition) is 4. The first-order valence-electron chi connectivity index (χ1n) is 14.8. The van der Waals surface area contributed by atoms with Gasteiger partial charge >= 0.3 is 0 Å². The predicted octanol–water partition coefficient (Wildman–Crippen LogP) is 7.81. The number of para-hydroxylation sites is 1. The van der Waals surface area contributed by atoms with Crippen LogP contribution in [0.2, 0.25) is 0 Å². The minimum Gasteiger partial charge on any atom is -0.434 e. The van der Waals surface area contributed by atoms with Gasteiger partial charge in [0.15, 0.2) is 5.58 Å². The Morgan fingerprint density at radius 3 is 2.05 bits per heavy atom. The fourth-order valence-corrected chi connectivity index (χ4v) is 6.42. The van der Waals surface area contributed by atoms with Crippen molar-refractivity contribution >= 4 is 38.6 Å². The van der Waals surface area contributed by atoms with Gasteiger partial charge in [0.2, 0.25) is 12.2 Å². The predicted molar refractivity (Wildman–Crippen MR) is 176 cm³/mol. The van der Waals surface area contributed by atoms with Crippen LogP contribution in [0.5, 0.6) is 0 Å². The Kier molecular flexibility index (Phi) is 5.50. The zero-order valence-electron chi connectivity index (χ0n) is 23.7. The summed E-state index contributed by atoms with van der Waals surface area (Å²) in [4.78, 5) is 10.2. The maximum Gasteiger partial charge on any atom is 0.227 e. The van der Waals surface area contributed by atoms with Crippen LogP contribution >= 0.6 is 0 Å². The highest BCUT2D eigenvalue weighted by Gasteiger charge is 2.25. The molecule has 44 heavy (non-hydrogen) atoms. The van der Waals surface area contributed by atoms with Gasteiger partial charge in [-0.1, -0.05) is 103 Å². The highest BCUT2D eigenvalue weighted by atomic mass is 16.3. The van der Waals surface area contributed by atoms with E-state index in [4.69, 9.17) is 14.4 Å². The number of hydrogen-bond donors (Lipinski definition) is 1. The Balaban J connectivity index is 1.35. The third-order valence-electron chi connectivity index (χ3n) is 8.46. The zero-order valence-corrected chi connectivity index (χ0v) is 23.7. The molecule has 5 nitrogen and oxygen atoms in total. The molecule has 6 aromatic carbocycles. The van der Waals surface area contributed by atoms with Crippen LogP contribution in [-0.2, 0) is 0 Å². The van der Waals surface area contributed by atoms with E-state index in [9.17, 15) is 0 Å².